The number of benzene rings is 1. The summed E-state index contributed by atoms with van der Waals surface area (Å²) in [6.07, 6.45) is 0.898. The first kappa shape index (κ1) is 13.9. The minimum Gasteiger partial charge on any atom is -0.493 e. The van der Waals surface area contributed by atoms with Gasteiger partial charge in [0.15, 0.2) is 11.3 Å². The molecule has 0 radical (unpaired) electrons. The summed E-state index contributed by atoms with van der Waals surface area (Å²) >= 11 is 1.57. The van der Waals surface area contributed by atoms with Gasteiger partial charge in [0.2, 0.25) is 5.13 Å². The van der Waals surface area contributed by atoms with Gasteiger partial charge >= 0.3 is 0 Å². The molecule has 5 nitrogen and oxygen atoms in total. The lowest BCUT2D eigenvalue weighted by atomic mass is 10.2. The Hall–Kier alpha value is -2.08. The molecule has 3 aromatic rings. The first-order valence-corrected chi connectivity index (χ1v) is 7.68. The van der Waals surface area contributed by atoms with Crippen LogP contribution in [0.25, 0.3) is 11.0 Å². The lowest BCUT2D eigenvalue weighted by Crippen LogP contribution is -2.04. The molecule has 1 unspecified atom stereocenters. The van der Waals surface area contributed by atoms with Crippen molar-refractivity contribution in [2.45, 2.75) is 26.3 Å². The molecule has 1 atom stereocenters. The highest BCUT2D eigenvalue weighted by molar-refractivity contribution is 7.15. The van der Waals surface area contributed by atoms with E-state index in [0.717, 1.165) is 39.0 Å². The number of ether oxygens (including phenoxy) is 1. The molecule has 0 saturated carbocycles. The predicted molar refractivity (Wildman–Crippen MR) is 84.1 cm³/mol. The monoisotopic (exact) mass is 303 g/mol. The van der Waals surface area contributed by atoms with Crippen molar-refractivity contribution in [2.24, 2.45) is 0 Å². The van der Waals surface area contributed by atoms with E-state index in [0.29, 0.717) is 0 Å². The lowest BCUT2D eigenvalue weighted by molar-refractivity contribution is 0.406. The van der Waals surface area contributed by atoms with Crippen LogP contribution in [0.2, 0.25) is 0 Å². The number of nitrogens with one attached hydrogen (secondary N) is 1. The van der Waals surface area contributed by atoms with Gasteiger partial charge in [0.1, 0.15) is 10.8 Å². The van der Waals surface area contributed by atoms with Crippen LogP contribution in [0.15, 0.2) is 28.7 Å². The minimum absolute atomic E-state index is 0.0137. The normalized spacial score (nSPS) is 12.5. The smallest absolute Gasteiger partial charge is 0.206 e. The molecule has 0 aliphatic heterocycles. The van der Waals surface area contributed by atoms with E-state index in [2.05, 4.69) is 22.4 Å². The van der Waals surface area contributed by atoms with Crippen molar-refractivity contribution < 1.29 is 9.15 Å². The van der Waals surface area contributed by atoms with E-state index in [-0.39, 0.29) is 6.04 Å². The highest BCUT2D eigenvalue weighted by Crippen LogP contribution is 2.32. The fourth-order valence-corrected chi connectivity index (χ4v) is 2.91. The first-order valence-electron chi connectivity index (χ1n) is 6.86. The summed E-state index contributed by atoms with van der Waals surface area (Å²) in [6, 6.07) is 7.90. The van der Waals surface area contributed by atoms with Gasteiger partial charge in [-0.15, -0.1) is 10.2 Å². The third kappa shape index (κ3) is 2.71. The number of rotatable bonds is 5. The Labute approximate surface area is 127 Å². The number of hydrogen-bond donors (Lipinski definition) is 1. The average Bonchev–Trinajstić information content (AvgIpc) is 3.12. The van der Waals surface area contributed by atoms with Gasteiger partial charge in [-0.25, -0.2) is 0 Å². The van der Waals surface area contributed by atoms with E-state index in [1.54, 1.807) is 18.4 Å². The SMILES string of the molecule is CCc1nnc(NC(C)c2cc3cccc(OC)c3o2)s1. The molecular weight excluding hydrogens is 286 g/mol. The second-order valence-corrected chi connectivity index (χ2v) is 5.81. The van der Waals surface area contributed by atoms with Gasteiger partial charge in [-0.3, -0.25) is 0 Å². The third-order valence-corrected chi connectivity index (χ3v) is 4.28. The van der Waals surface area contributed by atoms with Crippen molar-refractivity contribution >= 4 is 27.4 Å². The molecule has 2 aromatic heterocycles. The molecule has 6 heteroatoms. The molecule has 21 heavy (non-hydrogen) atoms. The highest BCUT2D eigenvalue weighted by Gasteiger charge is 2.15. The Morgan fingerprint density at radius 3 is 2.95 bits per heavy atom. The minimum atomic E-state index is 0.0137. The molecule has 0 bridgehead atoms. The number of furan rings is 1. The Balaban J connectivity index is 1.85. The van der Waals surface area contributed by atoms with Crippen LogP contribution in [-0.2, 0) is 6.42 Å². The summed E-state index contributed by atoms with van der Waals surface area (Å²) in [4.78, 5) is 0. The van der Waals surface area contributed by atoms with Gasteiger partial charge in [0, 0.05) is 5.39 Å². The predicted octanol–water partition coefficient (Wildman–Crippen LogP) is 4.03. The van der Waals surface area contributed by atoms with E-state index in [4.69, 9.17) is 9.15 Å². The van der Waals surface area contributed by atoms with Gasteiger partial charge in [-0.05, 0) is 25.5 Å². The fraction of sp³-hybridized carbons (Fsp3) is 0.333. The molecule has 2 heterocycles. The second-order valence-electron chi connectivity index (χ2n) is 4.75. The van der Waals surface area contributed by atoms with E-state index in [9.17, 15) is 0 Å². The molecule has 110 valence electrons. The summed E-state index contributed by atoms with van der Waals surface area (Å²) in [7, 11) is 1.65. The lowest BCUT2D eigenvalue weighted by Gasteiger charge is -2.08. The van der Waals surface area contributed by atoms with Gasteiger partial charge in [-0.2, -0.15) is 0 Å². The number of aryl methyl sites for hydroxylation is 1. The number of para-hydroxylation sites is 1. The Kier molecular flexibility index (Phi) is 3.79. The molecule has 0 aliphatic rings. The summed E-state index contributed by atoms with van der Waals surface area (Å²) in [5, 5.41) is 14.4. The number of aromatic nitrogens is 2. The van der Waals surface area contributed by atoms with Crippen molar-refractivity contribution in [2.75, 3.05) is 12.4 Å². The Morgan fingerprint density at radius 2 is 2.24 bits per heavy atom. The highest BCUT2D eigenvalue weighted by atomic mass is 32.1. The fourth-order valence-electron chi connectivity index (χ4n) is 2.14. The first-order chi connectivity index (χ1) is 10.2. The van der Waals surface area contributed by atoms with E-state index in [1.807, 2.05) is 31.2 Å². The van der Waals surface area contributed by atoms with Crippen LogP contribution in [-0.4, -0.2) is 17.3 Å². The van der Waals surface area contributed by atoms with E-state index >= 15 is 0 Å². The zero-order valence-corrected chi connectivity index (χ0v) is 13.0. The van der Waals surface area contributed by atoms with Crippen molar-refractivity contribution in [3.05, 3.63) is 35.0 Å². The second kappa shape index (κ2) is 5.73. The van der Waals surface area contributed by atoms with Gasteiger partial charge in [0.05, 0.1) is 13.2 Å². The van der Waals surface area contributed by atoms with Crippen molar-refractivity contribution in [3.63, 3.8) is 0 Å². The van der Waals surface area contributed by atoms with Crippen LogP contribution < -0.4 is 10.1 Å². The zero-order valence-electron chi connectivity index (χ0n) is 12.2. The van der Waals surface area contributed by atoms with Gasteiger partial charge in [-0.1, -0.05) is 30.4 Å². The number of fused-ring (bicyclic) bond motifs is 1. The quantitative estimate of drug-likeness (QED) is 0.771. The molecule has 0 spiro atoms. The average molecular weight is 303 g/mol. The van der Waals surface area contributed by atoms with Crippen LogP contribution in [0.4, 0.5) is 5.13 Å². The summed E-state index contributed by atoms with van der Waals surface area (Å²) in [5.41, 5.74) is 0.773. The molecule has 0 amide bonds. The topological polar surface area (TPSA) is 60.2 Å². The summed E-state index contributed by atoms with van der Waals surface area (Å²) in [5.74, 6) is 1.60. The molecule has 0 aliphatic carbocycles. The molecule has 1 N–H and O–H groups in total. The molecule has 0 saturated heterocycles. The molecule has 1 aromatic carbocycles. The van der Waals surface area contributed by atoms with Crippen LogP contribution >= 0.6 is 11.3 Å². The number of anilines is 1. The van der Waals surface area contributed by atoms with Crippen LogP contribution in [0, 0.1) is 0 Å². The number of methoxy groups -OCH3 is 1. The Bertz CT molecular complexity index is 750. The van der Waals surface area contributed by atoms with E-state index in [1.165, 1.54) is 0 Å². The largest absolute Gasteiger partial charge is 0.493 e. The van der Waals surface area contributed by atoms with Gasteiger partial charge in [0.25, 0.3) is 0 Å². The molecule has 0 fully saturated rings. The standard InChI is InChI=1S/C15H17N3O2S/c1-4-13-17-18-15(21-13)16-9(2)12-8-10-6-5-7-11(19-3)14(10)20-12/h5-9H,4H2,1-3H3,(H,16,18). The van der Waals surface area contributed by atoms with Crippen LogP contribution in [0.3, 0.4) is 0 Å². The summed E-state index contributed by atoms with van der Waals surface area (Å²) in [6.45, 7) is 4.11. The van der Waals surface area contributed by atoms with Crippen molar-refractivity contribution in [3.8, 4) is 5.75 Å². The molecule has 3 rings (SSSR count). The van der Waals surface area contributed by atoms with Crippen LogP contribution in [0.1, 0.15) is 30.7 Å². The van der Waals surface area contributed by atoms with Crippen LogP contribution in [0.5, 0.6) is 5.75 Å². The maximum Gasteiger partial charge on any atom is 0.206 e. The summed E-state index contributed by atoms with van der Waals surface area (Å²) < 4.78 is 11.2. The maximum atomic E-state index is 5.93. The number of hydrogen-bond acceptors (Lipinski definition) is 6. The van der Waals surface area contributed by atoms with E-state index < -0.39 is 0 Å². The number of nitrogens with zero attached hydrogens (tertiary/aromatic N) is 2. The molecular formula is C15H17N3O2S. The van der Waals surface area contributed by atoms with Crippen molar-refractivity contribution in [1.82, 2.24) is 10.2 Å². The zero-order chi connectivity index (χ0) is 14.8. The Morgan fingerprint density at radius 1 is 1.38 bits per heavy atom. The third-order valence-electron chi connectivity index (χ3n) is 3.28. The van der Waals surface area contributed by atoms with Crippen molar-refractivity contribution in [1.29, 1.82) is 0 Å². The maximum absolute atomic E-state index is 5.93. The van der Waals surface area contributed by atoms with Gasteiger partial charge < -0.3 is 14.5 Å².